The highest BCUT2D eigenvalue weighted by molar-refractivity contribution is 6.17. The van der Waals surface area contributed by atoms with E-state index in [9.17, 15) is 8.78 Å². The second kappa shape index (κ2) is 5.27. The zero-order valence-electron chi connectivity index (χ0n) is 7.86. The molecule has 0 heterocycles. The summed E-state index contributed by atoms with van der Waals surface area (Å²) in [6, 6.07) is 3.20. The minimum Gasteiger partial charge on any atom is -0.313 e. The van der Waals surface area contributed by atoms with Crippen molar-refractivity contribution in [3.63, 3.8) is 0 Å². The molecule has 0 aromatic heterocycles. The molecule has 0 saturated heterocycles. The number of hydrogen-bond donors (Lipinski definition) is 1. The van der Waals surface area contributed by atoms with Crippen LogP contribution in [0, 0.1) is 11.6 Å². The normalized spacial score (nSPS) is 12.9. The highest BCUT2D eigenvalue weighted by Crippen LogP contribution is 2.21. The zero-order chi connectivity index (χ0) is 10.6. The van der Waals surface area contributed by atoms with Crippen LogP contribution in [0.25, 0.3) is 0 Å². The molecular weight excluding hydrogens is 208 g/mol. The number of nitrogens with one attached hydrogen (secondary N) is 1. The van der Waals surface area contributed by atoms with Crippen LogP contribution in [0.4, 0.5) is 8.78 Å². The fraction of sp³-hybridized carbons (Fsp3) is 0.400. The quantitative estimate of drug-likeness (QED) is 0.768. The lowest BCUT2D eigenvalue weighted by atomic mass is 10.0. The average Bonchev–Trinajstić information content (AvgIpc) is 2.18. The first-order valence-corrected chi connectivity index (χ1v) is 4.90. The monoisotopic (exact) mass is 219 g/mol. The van der Waals surface area contributed by atoms with Gasteiger partial charge in [-0.1, -0.05) is 0 Å². The van der Waals surface area contributed by atoms with Crippen LogP contribution < -0.4 is 5.32 Å². The van der Waals surface area contributed by atoms with Crippen molar-refractivity contribution in [2.24, 2.45) is 0 Å². The number of alkyl halides is 1. The molecule has 0 aliphatic heterocycles. The molecule has 0 aliphatic carbocycles. The Morgan fingerprint density at radius 1 is 1.43 bits per heavy atom. The van der Waals surface area contributed by atoms with Crippen LogP contribution in [0.3, 0.4) is 0 Å². The van der Waals surface area contributed by atoms with Gasteiger partial charge in [-0.15, -0.1) is 11.6 Å². The topological polar surface area (TPSA) is 12.0 Å². The molecule has 1 rings (SSSR count). The van der Waals surface area contributed by atoms with Gasteiger partial charge in [0.25, 0.3) is 0 Å². The maximum atomic E-state index is 13.3. The van der Waals surface area contributed by atoms with Gasteiger partial charge in [0, 0.05) is 17.5 Å². The summed E-state index contributed by atoms with van der Waals surface area (Å²) in [5.74, 6) is -0.436. The van der Waals surface area contributed by atoms with Gasteiger partial charge in [-0.2, -0.15) is 0 Å². The molecule has 0 fully saturated rings. The Morgan fingerprint density at radius 2 is 2.14 bits per heavy atom. The van der Waals surface area contributed by atoms with E-state index in [2.05, 4.69) is 5.32 Å². The summed E-state index contributed by atoms with van der Waals surface area (Å²) in [6.07, 6.45) is 0.568. The second-order valence-electron chi connectivity index (χ2n) is 2.98. The third kappa shape index (κ3) is 2.66. The van der Waals surface area contributed by atoms with Gasteiger partial charge in [-0.25, -0.2) is 8.78 Å². The van der Waals surface area contributed by atoms with E-state index in [0.717, 1.165) is 12.1 Å². The molecule has 1 aromatic carbocycles. The maximum Gasteiger partial charge on any atom is 0.128 e. The molecule has 1 unspecified atom stereocenters. The lowest BCUT2D eigenvalue weighted by Gasteiger charge is -2.15. The predicted molar refractivity (Wildman–Crippen MR) is 53.5 cm³/mol. The van der Waals surface area contributed by atoms with Crippen molar-refractivity contribution in [1.29, 1.82) is 0 Å². The largest absolute Gasteiger partial charge is 0.313 e. The Hall–Kier alpha value is -0.670. The van der Waals surface area contributed by atoms with E-state index >= 15 is 0 Å². The standard InChI is InChI=1S/C10H12ClF2N/c1-14-10(4-5-11)8-6-7(12)2-3-9(8)13/h2-3,6,10,14H,4-5H2,1H3. The summed E-state index contributed by atoms with van der Waals surface area (Å²) in [5, 5.41) is 2.90. The summed E-state index contributed by atoms with van der Waals surface area (Å²) >= 11 is 5.56. The van der Waals surface area contributed by atoms with Crippen LogP contribution in [-0.4, -0.2) is 12.9 Å². The number of benzene rings is 1. The Morgan fingerprint density at radius 3 is 2.71 bits per heavy atom. The minimum absolute atomic E-state index is 0.233. The van der Waals surface area contributed by atoms with Gasteiger partial charge < -0.3 is 5.32 Å². The highest BCUT2D eigenvalue weighted by Gasteiger charge is 2.13. The van der Waals surface area contributed by atoms with Crippen molar-refractivity contribution in [1.82, 2.24) is 5.32 Å². The first-order chi connectivity index (χ1) is 6.69. The smallest absolute Gasteiger partial charge is 0.128 e. The molecule has 4 heteroatoms. The molecule has 14 heavy (non-hydrogen) atoms. The van der Waals surface area contributed by atoms with Crippen molar-refractivity contribution in [3.05, 3.63) is 35.4 Å². The summed E-state index contributed by atoms with van der Waals surface area (Å²) in [7, 11) is 1.70. The van der Waals surface area contributed by atoms with Gasteiger partial charge in [-0.05, 0) is 31.7 Å². The molecule has 0 aliphatic rings. The SMILES string of the molecule is CNC(CCCl)c1cc(F)ccc1F. The van der Waals surface area contributed by atoms with Crippen molar-refractivity contribution >= 4 is 11.6 Å². The third-order valence-corrected chi connectivity index (χ3v) is 2.30. The first-order valence-electron chi connectivity index (χ1n) is 4.37. The van der Waals surface area contributed by atoms with Gasteiger partial charge in [0.1, 0.15) is 11.6 Å². The van der Waals surface area contributed by atoms with E-state index in [4.69, 9.17) is 11.6 Å². The minimum atomic E-state index is -0.434. The molecule has 0 radical (unpaired) electrons. The maximum absolute atomic E-state index is 13.3. The zero-order valence-corrected chi connectivity index (χ0v) is 8.61. The van der Waals surface area contributed by atoms with Gasteiger partial charge in [-0.3, -0.25) is 0 Å². The average molecular weight is 220 g/mol. The van der Waals surface area contributed by atoms with E-state index in [-0.39, 0.29) is 6.04 Å². The van der Waals surface area contributed by atoms with Crippen molar-refractivity contribution in [2.75, 3.05) is 12.9 Å². The fourth-order valence-electron chi connectivity index (χ4n) is 1.35. The van der Waals surface area contributed by atoms with Crippen LogP contribution in [0.15, 0.2) is 18.2 Å². The van der Waals surface area contributed by atoms with Crippen LogP contribution in [0.1, 0.15) is 18.0 Å². The number of rotatable bonds is 4. The highest BCUT2D eigenvalue weighted by atomic mass is 35.5. The van der Waals surface area contributed by atoms with Gasteiger partial charge in [0.2, 0.25) is 0 Å². The molecule has 0 amide bonds. The molecule has 0 saturated carbocycles. The molecular formula is C10H12ClF2N. The Balaban J connectivity index is 2.96. The van der Waals surface area contributed by atoms with Crippen LogP contribution in [0.2, 0.25) is 0 Å². The Labute approximate surface area is 87.1 Å². The molecule has 1 N–H and O–H groups in total. The van der Waals surface area contributed by atoms with Crippen molar-refractivity contribution in [2.45, 2.75) is 12.5 Å². The predicted octanol–water partition coefficient (Wildman–Crippen LogP) is 2.85. The number of halogens is 3. The molecule has 1 aromatic rings. The van der Waals surface area contributed by atoms with Crippen LogP contribution in [0.5, 0.6) is 0 Å². The molecule has 0 spiro atoms. The first kappa shape index (κ1) is 11.4. The molecule has 78 valence electrons. The van der Waals surface area contributed by atoms with Crippen LogP contribution >= 0.6 is 11.6 Å². The van der Waals surface area contributed by atoms with Gasteiger partial charge in [0.15, 0.2) is 0 Å². The summed E-state index contributed by atoms with van der Waals surface area (Å²) in [6.45, 7) is 0. The van der Waals surface area contributed by atoms with Gasteiger partial charge >= 0.3 is 0 Å². The van der Waals surface area contributed by atoms with Crippen molar-refractivity contribution < 1.29 is 8.78 Å². The summed E-state index contributed by atoms with van der Waals surface area (Å²) in [5.41, 5.74) is 0.327. The third-order valence-electron chi connectivity index (χ3n) is 2.08. The second-order valence-corrected chi connectivity index (χ2v) is 3.36. The molecule has 1 nitrogen and oxygen atoms in total. The van der Waals surface area contributed by atoms with E-state index in [1.54, 1.807) is 7.05 Å². The fourth-order valence-corrected chi connectivity index (χ4v) is 1.56. The van der Waals surface area contributed by atoms with Crippen molar-refractivity contribution in [3.8, 4) is 0 Å². The molecule has 0 bridgehead atoms. The Kier molecular flexibility index (Phi) is 4.29. The van der Waals surface area contributed by atoms with Crippen LogP contribution in [-0.2, 0) is 0 Å². The summed E-state index contributed by atoms with van der Waals surface area (Å²) < 4.78 is 26.1. The summed E-state index contributed by atoms with van der Waals surface area (Å²) in [4.78, 5) is 0. The lowest BCUT2D eigenvalue weighted by Crippen LogP contribution is -2.18. The Bertz CT molecular complexity index is 304. The number of hydrogen-bond acceptors (Lipinski definition) is 1. The van der Waals surface area contributed by atoms with E-state index < -0.39 is 11.6 Å². The van der Waals surface area contributed by atoms with E-state index in [1.165, 1.54) is 6.07 Å². The molecule has 1 atom stereocenters. The van der Waals surface area contributed by atoms with E-state index in [0.29, 0.717) is 17.9 Å². The lowest BCUT2D eigenvalue weighted by molar-refractivity contribution is 0.517. The van der Waals surface area contributed by atoms with E-state index in [1.807, 2.05) is 0 Å². The van der Waals surface area contributed by atoms with Gasteiger partial charge in [0.05, 0.1) is 0 Å².